The zero-order valence-corrected chi connectivity index (χ0v) is 13.8. The number of carbonyl (C=O) groups is 1. The lowest BCUT2D eigenvalue weighted by Crippen LogP contribution is -2.41. The average Bonchev–Trinajstić information content (AvgIpc) is 2.62. The maximum absolute atomic E-state index is 12.7. The maximum atomic E-state index is 12.7. The highest BCUT2D eigenvalue weighted by molar-refractivity contribution is 5.94. The molecular formula is C19H22N2O3. The number of methoxy groups -OCH3 is 1. The molecule has 0 saturated carbocycles. The fourth-order valence-corrected chi connectivity index (χ4v) is 3.16. The van der Waals surface area contributed by atoms with Gasteiger partial charge in [0.25, 0.3) is 5.91 Å². The Hall–Kier alpha value is -2.40. The predicted molar refractivity (Wildman–Crippen MR) is 91.8 cm³/mol. The van der Waals surface area contributed by atoms with Gasteiger partial charge < -0.3 is 14.7 Å². The molecule has 1 aromatic heterocycles. The number of nitrogens with zero attached hydrogens (tertiary/aromatic N) is 2. The normalized spacial score (nSPS) is 17.7. The molecule has 0 aliphatic carbocycles. The average molecular weight is 326 g/mol. The second kappa shape index (κ2) is 7.45. The van der Waals surface area contributed by atoms with E-state index < -0.39 is 0 Å². The summed E-state index contributed by atoms with van der Waals surface area (Å²) in [6, 6.07) is 10.5. The second-order valence-electron chi connectivity index (χ2n) is 6.20. The van der Waals surface area contributed by atoms with E-state index in [9.17, 15) is 9.90 Å². The Morgan fingerprint density at radius 1 is 1.38 bits per heavy atom. The first-order chi connectivity index (χ1) is 11.7. The molecule has 1 saturated heterocycles. The molecule has 126 valence electrons. The van der Waals surface area contributed by atoms with Crippen LogP contribution in [0.1, 0.15) is 23.2 Å². The first-order valence-corrected chi connectivity index (χ1v) is 8.21. The molecule has 0 spiro atoms. The van der Waals surface area contributed by atoms with Crippen LogP contribution >= 0.6 is 0 Å². The van der Waals surface area contributed by atoms with Crippen molar-refractivity contribution >= 4 is 5.91 Å². The van der Waals surface area contributed by atoms with Crippen LogP contribution in [0.15, 0.2) is 42.6 Å². The lowest BCUT2D eigenvalue weighted by Gasteiger charge is -2.32. The van der Waals surface area contributed by atoms with E-state index in [0.29, 0.717) is 18.1 Å². The van der Waals surface area contributed by atoms with Crippen LogP contribution in [-0.2, 0) is 4.74 Å². The van der Waals surface area contributed by atoms with E-state index in [1.165, 1.54) is 0 Å². The molecule has 0 bridgehead atoms. The molecule has 5 heteroatoms. The van der Waals surface area contributed by atoms with Crippen LogP contribution in [0.25, 0.3) is 11.3 Å². The summed E-state index contributed by atoms with van der Waals surface area (Å²) in [5, 5.41) is 9.56. The molecular weight excluding hydrogens is 304 g/mol. The fourth-order valence-electron chi connectivity index (χ4n) is 3.16. The largest absolute Gasteiger partial charge is 0.508 e. The third-order valence-corrected chi connectivity index (χ3v) is 4.36. The highest BCUT2D eigenvalue weighted by Crippen LogP contribution is 2.23. The fraction of sp³-hybridized carbons (Fsp3) is 0.368. The van der Waals surface area contributed by atoms with Gasteiger partial charge in [0.05, 0.1) is 17.9 Å². The van der Waals surface area contributed by atoms with Crippen molar-refractivity contribution in [2.24, 2.45) is 5.92 Å². The molecule has 2 aromatic rings. The number of hydrogen-bond donors (Lipinski definition) is 1. The molecule has 1 amide bonds. The van der Waals surface area contributed by atoms with Gasteiger partial charge in [-0.15, -0.1) is 0 Å². The van der Waals surface area contributed by atoms with Crippen molar-refractivity contribution in [3.05, 3.63) is 48.2 Å². The Balaban J connectivity index is 1.72. The minimum atomic E-state index is 0.0192. The molecule has 0 radical (unpaired) electrons. The number of aromatic hydroxyl groups is 1. The van der Waals surface area contributed by atoms with Gasteiger partial charge in [-0.3, -0.25) is 9.78 Å². The van der Waals surface area contributed by atoms with E-state index in [1.54, 1.807) is 37.6 Å². The summed E-state index contributed by atoms with van der Waals surface area (Å²) in [7, 11) is 1.70. The predicted octanol–water partition coefficient (Wildman–Crippen LogP) is 2.95. The number of ether oxygens (including phenoxy) is 1. The molecule has 1 atom stereocenters. The van der Waals surface area contributed by atoms with Gasteiger partial charge in [-0.05, 0) is 43.0 Å². The van der Waals surface area contributed by atoms with Crippen molar-refractivity contribution in [1.29, 1.82) is 0 Å². The second-order valence-corrected chi connectivity index (χ2v) is 6.20. The summed E-state index contributed by atoms with van der Waals surface area (Å²) in [4.78, 5) is 18.9. The van der Waals surface area contributed by atoms with Crippen LogP contribution in [0.2, 0.25) is 0 Å². The van der Waals surface area contributed by atoms with Crippen molar-refractivity contribution < 1.29 is 14.6 Å². The molecule has 1 fully saturated rings. The Morgan fingerprint density at radius 3 is 2.96 bits per heavy atom. The number of phenolic OH excluding ortho intramolecular Hbond substituents is 1. The molecule has 2 heterocycles. The number of rotatable bonds is 4. The summed E-state index contributed by atoms with van der Waals surface area (Å²) in [6.07, 6.45) is 3.72. The van der Waals surface area contributed by atoms with E-state index in [1.807, 2.05) is 17.0 Å². The minimum Gasteiger partial charge on any atom is -0.508 e. The van der Waals surface area contributed by atoms with Crippen molar-refractivity contribution in [3.63, 3.8) is 0 Å². The maximum Gasteiger partial charge on any atom is 0.255 e. The zero-order valence-electron chi connectivity index (χ0n) is 13.8. The molecule has 24 heavy (non-hydrogen) atoms. The molecule has 5 nitrogen and oxygen atoms in total. The molecule has 1 aliphatic heterocycles. The van der Waals surface area contributed by atoms with Crippen molar-refractivity contribution in [3.8, 4) is 17.0 Å². The number of benzene rings is 1. The summed E-state index contributed by atoms with van der Waals surface area (Å²) in [5.74, 6) is 0.630. The van der Waals surface area contributed by atoms with Gasteiger partial charge in [0.15, 0.2) is 0 Å². The third kappa shape index (κ3) is 3.74. The molecule has 1 aromatic carbocycles. The van der Waals surface area contributed by atoms with Crippen LogP contribution < -0.4 is 0 Å². The molecule has 3 rings (SSSR count). The van der Waals surface area contributed by atoms with Gasteiger partial charge in [-0.1, -0.05) is 12.1 Å². The number of likely N-dealkylation sites (tertiary alicyclic amines) is 1. The van der Waals surface area contributed by atoms with E-state index in [-0.39, 0.29) is 11.7 Å². The molecule has 1 aliphatic rings. The highest BCUT2D eigenvalue weighted by Gasteiger charge is 2.24. The van der Waals surface area contributed by atoms with Gasteiger partial charge in [-0.25, -0.2) is 0 Å². The number of amides is 1. The van der Waals surface area contributed by atoms with Crippen LogP contribution in [0.3, 0.4) is 0 Å². The van der Waals surface area contributed by atoms with Gasteiger partial charge in [0.1, 0.15) is 5.75 Å². The smallest absolute Gasteiger partial charge is 0.255 e. The van der Waals surface area contributed by atoms with E-state index in [4.69, 9.17) is 4.74 Å². The minimum absolute atomic E-state index is 0.0192. The number of phenols is 1. The summed E-state index contributed by atoms with van der Waals surface area (Å²) in [6.45, 7) is 2.22. The van der Waals surface area contributed by atoms with Crippen LogP contribution in [0.4, 0.5) is 0 Å². The summed E-state index contributed by atoms with van der Waals surface area (Å²) < 4.78 is 5.22. The van der Waals surface area contributed by atoms with Gasteiger partial charge in [0, 0.05) is 32.0 Å². The lowest BCUT2D eigenvalue weighted by molar-refractivity contribution is 0.0570. The number of piperidine rings is 1. The van der Waals surface area contributed by atoms with Crippen LogP contribution in [0, 0.1) is 5.92 Å². The topological polar surface area (TPSA) is 62.7 Å². The van der Waals surface area contributed by atoms with Crippen LogP contribution in [0.5, 0.6) is 5.75 Å². The zero-order chi connectivity index (χ0) is 16.9. The van der Waals surface area contributed by atoms with Crippen molar-refractivity contribution in [2.75, 3.05) is 26.8 Å². The number of hydrogen-bond acceptors (Lipinski definition) is 4. The number of aromatic nitrogens is 1. The SMILES string of the molecule is COC[C@H]1CCCN(C(=O)c2ccc(-c3cccc(O)c3)nc2)C1. The standard InChI is InChI=1S/C19H22N2O3/c1-24-13-14-4-3-9-21(12-14)19(23)16-7-8-18(20-11-16)15-5-2-6-17(22)10-15/h2,5-8,10-11,14,22H,3-4,9,12-13H2,1H3/t14-/m0/s1. The summed E-state index contributed by atoms with van der Waals surface area (Å²) >= 11 is 0. The molecule has 1 N–H and O–H groups in total. The Kier molecular flexibility index (Phi) is 5.11. The molecule has 0 unspecified atom stereocenters. The monoisotopic (exact) mass is 326 g/mol. The van der Waals surface area contributed by atoms with E-state index in [2.05, 4.69) is 4.98 Å². The Bertz CT molecular complexity index is 698. The Labute approximate surface area is 141 Å². The quantitative estimate of drug-likeness (QED) is 0.938. The van der Waals surface area contributed by atoms with Crippen LogP contribution in [-0.4, -0.2) is 47.7 Å². The van der Waals surface area contributed by atoms with Crippen molar-refractivity contribution in [2.45, 2.75) is 12.8 Å². The third-order valence-electron chi connectivity index (χ3n) is 4.36. The Morgan fingerprint density at radius 2 is 2.25 bits per heavy atom. The van der Waals surface area contributed by atoms with E-state index in [0.717, 1.165) is 37.2 Å². The van der Waals surface area contributed by atoms with Gasteiger partial charge in [-0.2, -0.15) is 0 Å². The van der Waals surface area contributed by atoms with Gasteiger partial charge >= 0.3 is 0 Å². The first-order valence-electron chi connectivity index (χ1n) is 8.21. The number of carbonyl (C=O) groups excluding carboxylic acids is 1. The van der Waals surface area contributed by atoms with Gasteiger partial charge in [0.2, 0.25) is 0 Å². The lowest BCUT2D eigenvalue weighted by atomic mass is 9.98. The van der Waals surface area contributed by atoms with Crippen molar-refractivity contribution in [1.82, 2.24) is 9.88 Å². The number of pyridine rings is 1. The van der Waals surface area contributed by atoms with E-state index >= 15 is 0 Å². The highest BCUT2D eigenvalue weighted by atomic mass is 16.5. The summed E-state index contributed by atoms with van der Waals surface area (Å²) in [5.41, 5.74) is 2.16. The first kappa shape index (κ1) is 16.5.